The molecule has 0 aromatic rings. The Labute approximate surface area is 58.0 Å². The van der Waals surface area contributed by atoms with Crippen molar-refractivity contribution in [3.05, 3.63) is 0 Å². The van der Waals surface area contributed by atoms with Gasteiger partial charge in [-0.05, 0) is 6.04 Å². The summed E-state index contributed by atoms with van der Waals surface area (Å²) in [5.41, 5.74) is 0. The van der Waals surface area contributed by atoms with Gasteiger partial charge in [0.1, 0.15) is 16.9 Å². The monoisotopic (exact) mass is 172 g/mol. The lowest BCUT2D eigenvalue weighted by atomic mass is 11.0. The zero-order valence-electron chi connectivity index (χ0n) is 4.45. The summed E-state index contributed by atoms with van der Waals surface area (Å²) in [6.07, 6.45) is 0. The maximum Gasteiger partial charge on any atom is 0.137 e. The van der Waals surface area contributed by atoms with E-state index in [4.69, 9.17) is 22.2 Å². The standard InChI is InChI=1S/C3H10Cl2Si2/c1-7(5)3-2-6-4/h7H,2-3,6H2,1H3. The summed E-state index contributed by atoms with van der Waals surface area (Å²) >= 11 is 11.3. The molecule has 0 spiro atoms. The summed E-state index contributed by atoms with van der Waals surface area (Å²) in [5, 5.41) is 0. The fourth-order valence-corrected chi connectivity index (χ4v) is 6.00. The van der Waals surface area contributed by atoms with Crippen molar-refractivity contribution in [3.8, 4) is 0 Å². The van der Waals surface area contributed by atoms with Gasteiger partial charge in [-0.2, -0.15) is 22.2 Å². The van der Waals surface area contributed by atoms with Crippen LogP contribution >= 0.6 is 22.2 Å². The van der Waals surface area contributed by atoms with Crippen molar-refractivity contribution in [1.29, 1.82) is 0 Å². The molecule has 0 bridgehead atoms. The quantitative estimate of drug-likeness (QED) is 0.446. The Balaban J connectivity index is 2.68. The fraction of sp³-hybridized carbons (Fsp3) is 1.00. The van der Waals surface area contributed by atoms with Crippen LogP contribution in [0.15, 0.2) is 0 Å². The number of halogens is 2. The predicted molar refractivity (Wildman–Crippen MR) is 42.9 cm³/mol. The molecule has 0 amide bonds. The van der Waals surface area contributed by atoms with Gasteiger partial charge < -0.3 is 0 Å². The van der Waals surface area contributed by atoms with Crippen LogP contribution in [0.25, 0.3) is 0 Å². The lowest BCUT2D eigenvalue weighted by Crippen LogP contribution is -1.94. The molecule has 0 N–H and O–H groups in total. The average molecular weight is 173 g/mol. The van der Waals surface area contributed by atoms with Crippen molar-refractivity contribution in [1.82, 2.24) is 0 Å². The fourth-order valence-electron chi connectivity index (χ4n) is 0.358. The highest BCUT2D eigenvalue weighted by atomic mass is 35.6. The van der Waals surface area contributed by atoms with Crippen LogP contribution in [-0.2, 0) is 0 Å². The summed E-state index contributed by atoms with van der Waals surface area (Å²) in [5.74, 6) is 0. The zero-order valence-corrected chi connectivity index (χ0v) is 8.54. The molecule has 0 saturated carbocycles. The van der Waals surface area contributed by atoms with E-state index < -0.39 is 8.11 Å². The average Bonchev–Trinajstić information content (AvgIpc) is 1.61. The van der Waals surface area contributed by atoms with Crippen LogP contribution in [0, 0.1) is 0 Å². The summed E-state index contributed by atoms with van der Waals surface area (Å²) in [6, 6.07) is 2.47. The van der Waals surface area contributed by atoms with Gasteiger partial charge in [-0.15, -0.1) is 0 Å². The molecule has 0 aromatic heterocycles. The first-order chi connectivity index (χ1) is 3.27. The zero-order chi connectivity index (χ0) is 5.70. The minimum Gasteiger partial charge on any atom is -0.176 e. The molecule has 1 unspecified atom stereocenters. The Hall–Kier alpha value is 1.01. The molecular formula is C3H10Cl2Si2. The Bertz CT molecular complexity index is 39.9. The third kappa shape index (κ3) is 7.01. The molecule has 0 saturated heterocycles. The molecule has 0 nitrogen and oxygen atoms in total. The maximum absolute atomic E-state index is 5.76. The van der Waals surface area contributed by atoms with Crippen LogP contribution < -0.4 is 0 Å². The summed E-state index contributed by atoms with van der Waals surface area (Å²) in [6.45, 7) is 2.14. The minimum absolute atomic E-state index is 0.206. The van der Waals surface area contributed by atoms with Gasteiger partial charge in [-0.1, -0.05) is 12.6 Å². The van der Waals surface area contributed by atoms with Gasteiger partial charge >= 0.3 is 0 Å². The number of hydrogen-bond acceptors (Lipinski definition) is 0. The van der Waals surface area contributed by atoms with Gasteiger partial charge in [0.2, 0.25) is 0 Å². The van der Waals surface area contributed by atoms with Crippen molar-refractivity contribution in [3.63, 3.8) is 0 Å². The van der Waals surface area contributed by atoms with Crippen LogP contribution in [0.2, 0.25) is 18.6 Å². The molecule has 7 heavy (non-hydrogen) atoms. The smallest absolute Gasteiger partial charge is 0.137 e. The van der Waals surface area contributed by atoms with Gasteiger partial charge in [0.25, 0.3) is 0 Å². The van der Waals surface area contributed by atoms with E-state index >= 15 is 0 Å². The van der Waals surface area contributed by atoms with E-state index in [1.807, 2.05) is 0 Å². The van der Waals surface area contributed by atoms with Crippen molar-refractivity contribution in [2.45, 2.75) is 18.6 Å². The van der Waals surface area contributed by atoms with E-state index in [0.717, 1.165) is 0 Å². The van der Waals surface area contributed by atoms with Crippen molar-refractivity contribution < 1.29 is 0 Å². The highest BCUT2D eigenvalue weighted by Crippen LogP contribution is 2.01. The van der Waals surface area contributed by atoms with Gasteiger partial charge in [0.05, 0.1) is 0 Å². The molecular weight excluding hydrogens is 163 g/mol. The largest absolute Gasteiger partial charge is 0.176 e. The van der Waals surface area contributed by atoms with Crippen LogP contribution in [0.1, 0.15) is 0 Å². The second-order valence-corrected chi connectivity index (χ2v) is 8.20. The lowest BCUT2D eigenvalue weighted by molar-refractivity contribution is 1.42. The van der Waals surface area contributed by atoms with Crippen LogP contribution in [-0.4, -0.2) is 16.9 Å². The Morgan fingerprint density at radius 1 is 1.71 bits per heavy atom. The van der Waals surface area contributed by atoms with Gasteiger partial charge in [0.15, 0.2) is 0 Å². The predicted octanol–water partition coefficient (Wildman–Crippen LogP) is 1.32. The Kier molecular flexibility index (Phi) is 5.90. The van der Waals surface area contributed by atoms with Crippen LogP contribution in [0.4, 0.5) is 0 Å². The number of hydrogen-bond donors (Lipinski definition) is 0. The molecule has 0 heterocycles. The molecule has 0 aromatic carbocycles. The first-order valence-corrected chi connectivity index (χ1v) is 9.33. The Morgan fingerprint density at radius 2 is 2.29 bits per heavy atom. The van der Waals surface area contributed by atoms with Crippen LogP contribution in [0.5, 0.6) is 0 Å². The Morgan fingerprint density at radius 3 is 2.43 bits per heavy atom. The maximum atomic E-state index is 5.76. The van der Waals surface area contributed by atoms with Crippen molar-refractivity contribution in [2.75, 3.05) is 0 Å². The molecule has 4 heteroatoms. The molecule has 0 aliphatic rings. The third-order valence-electron chi connectivity index (χ3n) is 0.736. The van der Waals surface area contributed by atoms with E-state index in [1.54, 1.807) is 0 Å². The highest BCUT2D eigenvalue weighted by molar-refractivity contribution is 7.07. The van der Waals surface area contributed by atoms with Gasteiger partial charge in [0, 0.05) is 0 Å². The minimum atomic E-state index is -0.766. The molecule has 0 aliphatic carbocycles. The second-order valence-electron chi connectivity index (χ2n) is 1.61. The summed E-state index contributed by atoms with van der Waals surface area (Å²) < 4.78 is 0. The summed E-state index contributed by atoms with van der Waals surface area (Å²) in [7, 11) is -0.972. The first kappa shape index (κ1) is 8.01. The molecule has 0 rings (SSSR count). The second kappa shape index (κ2) is 5.16. The van der Waals surface area contributed by atoms with Gasteiger partial charge in [-0.3, -0.25) is 0 Å². The van der Waals surface area contributed by atoms with E-state index in [2.05, 4.69) is 6.55 Å². The number of rotatable bonds is 3. The molecule has 0 aliphatic heterocycles. The SMILES string of the molecule is C[SiH](Cl)CC[SiH2]Cl. The molecule has 44 valence electrons. The molecule has 1 atom stereocenters. The molecule has 0 radical (unpaired) electrons. The highest BCUT2D eigenvalue weighted by Gasteiger charge is 1.95. The normalized spacial score (nSPS) is 15.9. The topological polar surface area (TPSA) is 0 Å². The first-order valence-electron chi connectivity index (χ1n) is 2.47. The van der Waals surface area contributed by atoms with E-state index in [0.29, 0.717) is 0 Å². The summed E-state index contributed by atoms with van der Waals surface area (Å²) in [4.78, 5) is 0. The third-order valence-corrected chi connectivity index (χ3v) is 4.89. The van der Waals surface area contributed by atoms with E-state index in [1.165, 1.54) is 12.1 Å². The lowest BCUT2D eigenvalue weighted by Gasteiger charge is -1.93. The van der Waals surface area contributed by atoms with Crippen molar-refractivity contribution >= 4 is 39.1 Å². The van der Waals surface area contributed by atoms with E-state index in [-0.39, 0.29) is 8.83 Å². The molecule has 0 fully saturated rings. The van der Waals surface area contributed by atoms with Crippen molar-refractivity contribution in [2.24, 2.45) is 0 Å². The van der Waals surface area contributed by atoms with Crippen LogP contribution in [0.3, 0.4) is 0 Å². The van der Waals surface area contributed by atoms with E-state index in [9.17, 15) is 0 Å². The van der Waals surface area contributed by atoms with Gasteiger partial charge in [-0.25, -0.2) is 0 Å².